The molecule has 10 heteroatoms. The van der Waals surface area contributed by atoms with E-state index in [0.29, 0.717) is 42.3 Å². The first-order valence-electron chi connectivity index (χ1n) is 11.1. The number of nitrogens with zero attached hydrogens (tertiary/aromatic N) is 1. The fraction of sp³-hybridized carbons (Fsp3) is 0.148. The summed E-state index contributed by atoms with van der Waals surface area (Å²) in [6.45, 7) is 3.65. The molecule has 2 N–H and O–H groups in total. The minimum absolute atomic E-state index is 0.237. The Morgan fingerprint density at radius 2 is 1.92 bits per heavy atom. The van der Waals surface area contributed by atoms with E-state index in [1.54, 1.807) is 30.3 Å². The third-order valence-corrected chi connectivity index (χ3v) is 7.17. The van der Waals surface area contributed by atoms with Crippen molar-refractivity contribution in [2.24, 2.45) is 4.99 Å². The molecule has 0 atom stereocenters. The summed E-state index contributed by atoms with van der Waals surface area (Å²) in [6.07, 6.45) is 1.74. The van der Waals surface area contributed by atoms with Crippen LogP contribution in [0, 0.1) is 13.8 Å². The molecule has 1 aliphatic rings. The second kappa shape index (κ2) is 11.9. The average molecular weight is 601 g/mol. The zero-order valence-electron chi connectivity index (χ0n) is 20.2. The van der Waals surface area contributed by atoms with Gasteiger partial charge in [-0.15, -0.1) is 0 Å². The first-order valence-corrected chi connectivity index (χ1v) is 13.1. The lowest BCUT2D eigenvalue weighted by atomic mass is 10.2. The van der Waals surface area contributed by atoms with Gasteiger partial charge in [0.2, 0.25) is 0 Å². The van der Waals surface area contributed by atoms with Gasteiger partial charge in [0.1, 0.15) is 0 Å². The summed E-state index contributed by atoms with van der Waals surface area (Å²) in [5.41, 5.74) is 4.10. The third-order valence-electron chi connectivity index (χ3n) is 5.27. The molecule has 1 aliphatic heterocycles. The maximum Gasteiger partial charge on any atom is 0.264 e. The molecular weight excluding hydrogens is 578 g/mol. The second-order valence-corrected chi connectivity index (χ2v) is 10.4. The summed E-state index contributed by atoms with van der Waals surface area (Å²) >= 11 is 10.9. The highest BCUT2D eigenvalue weighted by molar-refractivity contribution is 9.10. The van der Waals surface area contributed by atoms with Gasteiger partial charge >= 0.3 is 0 Å². The fourth-order valence-corrected chi connectivity index (χ4v) is 4.93. The van der Waals surface area contributed by atoms with Crippen LogP contribution in [0.25, 0.3) is 6.08 Å². The van der Waals surface area contributed by atoms with E-state index in [1.807, 2.05) is 44.2 Å². The van der Waals surface area contributed by atoms with E-state index in [1.165, 1.54) is 18.9 Å². The zero-order valence-corrected chi connectivity index (χ0v) is 23.4. The molecule has 0 saturated carbocycles. The van der Waals surface area contributed by atoms with Gasteiger partial charge in [0.15, 0.2) is 23.3 Å². The van der Waals surface area contributed by atoms with Gasteiger partial charge in [0.05, 0.1) is 22.2 Å². The normalized spacial score (nSPS) is 15.1. The SMILES string of the molecule is COc1cc(/C=C2\SC(=Nc3ccc(C)cc3)NC2=O)cc(Br)c1OCC(=O)Nc1ccc(C)c(Cl)c1. The molecule has 1 fully saturated rings. The van der Waals surface area contributed by atoms with Crippen LogP contribution >= 0.6 is 39.3 Å². The molecule has 37 heavy (non-hydrogen) atoms. The zero-order chi connectivity index (χ0) is 26.5. The summed E-state index contributed by atoms with van der Waals surface area (Å²) in [6, 6.07) is 16.5. The molecule has 0 radical (unpaired) electrons. The molecule has 0 aliphatic carbocycles. The molecule has 1 heterocycles. The topological polar surface area (TPSA) is 89.0 Å². The van der Waals surface area contributed by atoms with Crippen LogP contribution in [-0.4, -0.2) is 30.7 Å². The van der Waals surface area contributed by atoms with Gasteiger partial charge in [-0.3, -0.25) is 9.59 Å². The molecule has 3 aromatic carbocycles. The van der Waals surface area contributed by atoms with Crippen molar-refractivity contribution in [1.82, 2.24) is 5.32 Å². The Bertz CT molecular complexity index is 1420. The van der Waals surface area contributed by atoms with Crippen LogP contribution in [0.5, 0.6) is 11.5 Å². The van der Waals surface area contributed by atoms with Crippen molar-refractivity contribution >= 4 is 73.7 Å². The van der Waals surface area contributed by atoms with Gasteiger partial charge < -0.3 is 20.1 Å². The Kier molecular flexibility index (Phi) is 8.58. The molecule has 7 nitrogen and oxygen atoms in total. The third kappa shape index (κ3) is 6.94. The van der Waals surface area contributed by atoms with Crippen molar-refractivity contribution in [2.75, 3.05) is 19.0 Å². The molecule has 2 amide bonds. The summed E-state index contributed by atoms with van der Waals surface area (Å²) < 4.78 is 11.8. The minimum atomic E-state index is -0.348. The van der Waals surface area contributed by atoms with Gasteiger partial charge in [-0.1, -0.05) is 35.4 Å². The molecular formula is C27H23BrClN3O4S. The van der Waals surface area contributed by atoms with Crippen LogP contribution in [0.1, 0.15) is 16.7 Å². The van der Waals surface area contributed by atoms with E-state index >= 15 is 0 Å². The molecule has 190 valence electrons. The predicted octanol–water partition coefficient (Wildman–Crippen LogP) is 6.64. The highest BCUT2D eigenvalue weighted by Crippen LogP contribution is 2.38. The quantitative estimate of drug-likeness (QED) is 0.297. The van der Waals surface area contributed by atoms with Crippen molar-refractivity contribution in [2.45, 2.75) is 13.8 Å². The van der Waals surface area contributed by atoms with Gasteiger partial charge in [-0.25, -0.2) is 4.99 Å². The van der Waals surface area contributed by atoms with Crippen LogP contribution in [0.3, 0.4) is 0 Å². The lowest BCUT2D eigenvalue weighted by Gasteiger charge is -2.14. The molecule has 0 spiro atoms. The Morgan fingerprint density at radius 1 is 1.16 bits per heavy atom. The Balaban J connectivity index is 1.45. The summed E-state index contributed by atoms with van der Waals surface area (Å²) in [5.74, 6) is 0.190. The fourth-order valence-electron chi connectivity index (χ4n) is 3.34. The highest BCUT2D eigenvalue weighted by atomic mass is 79.9. The maximum atomic E-state index is 12.5. The van der Waals surface area contributed by atoms with Crippen molar-refractivity contribution in [3.8, 4) is 11.5 Å². The number of benzene rings is 3. The van der Waals surface area contributed by atoms with Crippen molar-refractivity contribution in [3.63, 3.8) is 0 Å². The van der Waals surface area contributed by atoms with Crippen LogP contribution in [-0.2, 0) is 9.59 Å². The summed E-state index contributed by atoms with van der Waals surface area (Å²) in [5, 5.41) is 6.61. The molecule has 0 unspecified atom stereocenters. The van der Waals surface area contributed by atoms with Crippen molar-refractivity contribution in [1.29, 1.82) is 0 Å². The number of anilines is 1. The Labute approximate surface area is 232 Å². The number of thioether (sulfide) groups is 1. The number of amidine groups is 1. The number of amides is 2. The van der Waals surface area contributed by atoms with E-state index in [-0.39, 0.29) is 18.4 Å². The Morgan fingerprint density at radius 3 is 2.62 bits per heavy atom. The molecule has 3 aromatic rings. The Hall–Kier alpha value is -3.27. The number of halogens is 2. The van der Waals surface area contributed by atoms with Crippen LogP contribution < -0.4 is 20.1 Å². The highest BCUT2D eigenvalue weighted by Gasteiger charge is 2.24. The van der Waals surface area contributed by atoms with E-state index in [0.717, 1.165) is 16.8 Å². The number of hydrogen-bond donors (Lipinski definition) is 2. The molecule has 1 saturated heterocycles. The van der Waals surface area contributed by atoms with Gasteiger partial charge in [-0.2, -0.15) is 0 Å². The number of aliphatic imine (C=N–C) groups is 1. The number of hydrogen-bond acceptors (Lipinski definition) is 6. The molecule has 0 aromatic heterocycles. The first-order chi connectivity index (χ1) is 17.7. The molecule has 4 rings (SSSR count). The number of carbonyl (C=O) groups excluding carboxylic acids is 2. The monoisotopic (exact) mass is 599 g/mol. The number of aryl methyl sites for hydroxylation is 2. The lowest BCUT2D eigenvalue weighted by Crippen LogP contribution is -2.20. The van der Waals surface area contributed by atoms with E-state index < -0.39 is 0 Å². The van der Waals surface area contributed by atoms with Crippen molar-refractivity contribution in [3.05, 3.63) is 85.7 Å². The number of nitrogens with one attached hydrogen (secondary N) is 2. The second-order valence-electron chi connectivity index (χ2n) is 8.15. The standard InChI is InChI=1S/C27H23BrClN3O4S/c1-15-4-7-18(8-5-15)31-27-32-26(34)23(37-27)12-17-10-20(28)25(22(11-17)35-3)36-14-24(33)30-19-9-6-16(2)21(29)13-19/h4-13H,14H2,1-3H3,(H,30,33)(H,31,32,34)/b23-12-. The van der Waals surface area contributed by atoms with Gasteiger partial charge in [0.25, 0.3) is 11.8 Å². The van der Waals surface area contributed by atoms with E-state index in [4.69, 9.17) is 21.1 Å². The van der Waals surface area contributed by atoms with Crippen LogP contribution in [0.2, 0.25) is 5.02 Å². The minimum Gasteiger partial charge on any atom is -0.493 e. The largest absolute Gasteiger partial charge is 0.493 e. The van der Waals surface area contributed by atoms with Crippen molar-refractivity contribution < 1.29 is 19.1 Å². The number of rotatable bonds is 7. The average Bonchev–Trinajstić information content (AvgIpc) is 3.20. The molecule has 0 bridgehead atoms. The smallest absolute Gasteiger partial charge is 0.264 e. The summed E-state index contributed by atoms with van der Waals surface area (Å²) in [7, 11) is 1.50. The first kappa shape index (κ1) is 26.8. The van der Waals surface area contributed by atoms with E-state index in [2.05, 4.69) is 31.6 Å². The van der Waals surface area contributed by atoms with Gasteiger partial charge in [0, 0.05) is 10.7 Å². The van der Waals surface area contributed by atoms with Gasteiger partial charge in [-0.05, 0) is 95.1 Å². The van der Waals surface area contributed by atoms with Crippen LogP contribution in [0.4, 0.5) is 11.4 Å². The number of methoxy groups -OCH3 is 1. The number of carbonyl (C=O) groups is 2. The predicted molar refractivity (Wildman–Crippen MR) is 153 cm³/mol. The maximum absolute atomic E-state index is 12.5. The summed E-state index contributed by atoms with van der Waals surface area (Å²) in [4.78, 5) is 29.9. The van der Waals surface area contributed by atoms with Crippen LogP contribution in [0.15, 0.2) is 69.0 Å². The van der Waals surface area contributed by atoms with E-state index in [9.17, 15) is 9.59 Å². The lowest BCUT2D eigenvalue weighted by molar-refractivity contribution is -0.118. The number of ether oxygens (including phenoxy) is 2.